The van der Waals surface area contributed by atoms with Crippen molar-refractivity contribution in [1.29, 1.82) is 0 Å². The maximum atomic E-state index is 10.8. The van der Waals surface area contributed by atoms with Gasteiger partial charge < -0.3 is 5.11 Å². The van der Waals surface area contributed by atoms with Crippen LogP contribution in [0.1, 0.15) is 65.2 Å². The molecule has 1 heteroatoms. The van der Waals surface area contributed by atoms with Gasteiger partial charge >= 0.3 is 0 Å². The lowest BCUT2D eigenvalue weighted by Gasteiger charge is -2.66. The van der Waals surface area contributed by atoms with E-state index in [1.165, 1.54) is 51.4 Å². The minimum atomic E-state index is 0.0320. The van der Waals surface area contributed by atoms with Crippen molar-refractivity contribution in [3.8, 4) is 0 Å². The van der Waals surface area contributed by atoms with Gasteiger partial charge in [-0.2, -0.15) is 0 Å². The van der Waals surface area contributed by atoms with Crippen molar-refractivity contribution in [1.82, 2.24) is 0 Å². The molecule has 96 valence electrons. The van der Waals surface area contributed by atoms with Gasteiger partial charge in [-0.3, -0.25) is 0 Å². The molecule has 5 rings (SSSR count). The summed E-state index contributed by atoms with van der Waals surface area (Å²) in [6, 6.07) is 0. The Kier molecular flexibility index (Phi) is 1.86. The molecule has 0 heterocycles. The van der Waals surface area contributed by atoms with E-state index < -0.39 is 0 Å². The summed E-state index contributed by atoms with van der Waals surface area (Å²) in [5, 5.41) is 10.8. The topological polar surface area (TPSA) is 20.2 Å². The molecule has 5 saturated carbocycles. The maximum Gasteiger partial charge on any atom is 0.0625 e. The second-order valence-electron chi connectivity index (χ2n) is 8.77. The van der Waals surface area contributed by atoms with Crippen LogP contribution in [0.3, 0.4) is 0 Å². The van der Waals surface area contributed by atoms with Crippen LogP contribution in [0.15, 0.2) is 0 Å². The van der Waals surface area contributed by atoms with Crippen LogP contribution in [0, 0.1) is 28.1 Å². The summed E-state index contributed by atoms with van der Waals surface area (Å²) in [5.41, 5.74) is 1.44. The summed E-state index contributed by atoms with van der Waals surface area (Å²) in [6.07, 6.45) is 10.9. The molecule has 0 spiro atoms. The molecule has 0 amide bonds. The fourth-order valence-electron chi connectivity index (χ4n) is 6.78. The Morgan fingerprint density at radius 2 is 1.53 bits per heavy atom. The zero-order valence-electron chi connectivity index (χ0n) is 11.3. The first-order valence-electron chi connectivity index (χ1n) is 7.60. The number of rotatable bonds is 2. The van der Waals surface area contributed by atoms with Crippen molar-refractivity contribution in [2.75, 3.05) is 0 Å². The van der Waals surface area contributed by atoms with E-state index >= 15 is 0 Å². The maximum absolute atomic E-state index is 10.8. The predicted molar refractivity (Wildman–Crippen MR) is 68.6 cm³/mol. The smallest absolute Gasteiger partial charge is 0.0625 e. The second kappa shape index (κ2) is 2.92. The van der Waals surface area contributed by atoms with Gasteiger partial charge in [0.2, 0.25) is 0 Å². The lowest BCUT2D eigenvalue weighted by molar-refractivity contribution is -0.189. The molecule has 0 aromatic rings. The van der Waals surface area contributed by atoms with E-state index in [-0.39, 0.29) is 6.10 Å². The van der Waals surface area contributed by atoms with Crippen molar-refractivity contribution in [2.45, 2.75) is 71.3 Å². The van der Waals surface area contributed by atoms with E-state index in [4.69, 9.17) is 0 Å². The van der Waals surface area contributed by atoms with Crippen molar-refractivity contribution in [3.05, 3.63) is 0 Å². The molecule has 0 saturated heterocycles. The summed E-state index contributed by atoms with van der Waals surface area (Å²) in [5.74, 6) is 1.59. The summed E-state index contributed by atoms with van der Waals surface area (Å²) in [6.45, 7) is 5.01. The third-order valence-corrected chi connectivity index (χ3v) is 6.37. The van der Waals surface area contributed by atoms with Gasteiger partial charge in [0.05, 0.1) is 6.10 Å². The monoisotopic (exact) mass is 234 g/mol. The fraction of sp³-hybridized carbons (Fsp3) is 1.00. The van der Waals surface area contributed by atoms with E-state index in [0.717, 1.165) is 5.92 Å². The Labute approximate surface area is 105 Å². The van der Waals surface area contributed by atoms with Gasteiger partial charge in [0.15, 0.2) is 0 Å². The molecular weight excluding hydrogens is 208 g/mol. The van der Waals surface area contributed by atoms with Crippen LogP contribution < -0.4 is 0 Å². The summed E-state index contributed by atoms with van der Waals surface area (Å²) >= 11 is 0. The quantitative estimate of drug-likeness (QED) is 0.771. The highest BCUT2D eigenvalue weighted by Gasteiger charge is 2.63. The molecule has 0 aromatic carbocycles. The van der Waals surface area contributed by atoms with Crippen molar-refractivity contribution in [2.24, 2.45) is 28.1 Å². The predicted octanol–water partition coefficient (Wildman–Crippen LogP) is 3.75. The van der Waals surface area contributed by atoms with E-state index in [1.54, 1.807) is 0 Å². The van der Waals surface area contributed by atoms with E-state index in [0.29, 0.717) is 22.2 Å². The molecule has 1 nitrogen and oxygen atoms in total. The van der Waals surface area contributed by atoms with Gasteiger partial charge in [-0.1, -0.05) is 13.8 Å². The Bertz CT molecular complexity index is 339. The lowest BCUT2D eigenvalue weighted by atomic mass is 9.39. The number of hydrogen-bond donors (Lipinski definition) is 1. The normalized spacial score (nSPS) is 58.4. The van der Waals surface area contributed by atoms with E-state index in [9.17, 15) is 5.11 Å². The van der Waals surface area contributed by atoms with Gasteiger partial charge in [0, 0.05) is 0 Å². The molecule has 17 heavy (non-hydrogen) atoms. The average molecular weight is 234 g/mol. The van der Waals surface area contributed by atoms with Crippen molar-refractivity contribution in [3.63, 3.8) is 0 Å². The fourth-order valence-corrected chi connectivity index (χ4v) is 6.78. The largest absolute Gasteiger partial charge is 0.392 e. The van der Waals surface area contributed by atoms with Gasteiger partial charge in [0.1, 0.15) is 0 Å². The van der Waals surface area contributed by atoms with Gasteiger partial charge in [-0.05, 0) is 79.4 Å². The highest BCUT2D eigenvalue weighted by atomic mass is 16.3. The van der Waals surface area contributed by atoms with Gasteiger partial charge in [0.25, 0.3) is 0 Å². The van der Waals surface area contributed by atoms with Crippen LogP contribution in [0.25, 0.3) is 0 Å². The number of aliphatic hydroxyl groups is 1. The molecule has 5 aliphatic carbocycles. The van der Waals surface area contributed by atoms with Crippen LogP contribution in [0.5, 0.6) is 0 Å². The Morgan fingerprint density at radius 3 is 2.00 bits per heavy atom. The van der Waals surface area contributed by atoms with Crippen LogP contribution in [-0.2, 0) is 0 Å². The van der Waals surface area contributed by atoms with Crippen LogP contribution in [0.4, 0.5) is 0 Å². The lowest BCUT2D eigenvalue weighted by Crippen LogP contribution is -2.59. The van der Waals surface area contributed by atoms with E-state index in [2.05, 4.69) is 13.8 Å². The first-order valence-corrected chi connectivity index (χ1v) is 7.60. The average Bonchev–Trinajstić information content (AvgIpc) is 2.92. The van der Waals surface area contributed by atoms with Crippen LogP contribution in [0.2, 0.25) is 0 Å². The highest BCUT2D eigenvalue weighted by molar-refractivity contribution is 5.13. The minimum absolute atomic E-state index is 0.0320. The molecule has 4 bridgehead atoms. The Hall–Kier alpha value is -0.0400. The second-order valence-corrected chi connectivity index (χ2v) is 8.77. The number of hydrogen-bond acceptors (Lipinski definition) is 1. The third-order valence-electron chi connectivity index (χ3n) is 6.37. The third kappa shape index (κ3) is 1.47. The molecule has 0 aliphatic heterocycles. The summed E-state index contributed by atoms with van der Waals surface area (Å²) in [7, 11) is 0. The van der Waals surface area contributed by atoms with Crippen molar-refractivity contribution >= 4 is 0 Å². The molecule has 3 unspecified atom stereocenters. The first kappa shape index (κ1) is 10.8. The van der Waals surface area contributed by atoms with Crippen LogP contribution >= 0.6 is 0 Å². The molecular formula is C16H26O. The molecule has 0 radical (unpaired) electrons. The van der Waals surface area contributed by atoms with Crippen LogP contribution in [-0.4, -0.2) is 11.2 Å². The standard InChI is InChI=1S/C16H26O/c1-14-5-11-6-15(2,8-14)10-16(7-11,9-14)13(17)12-3-4-12/h11-13,17H,3-10H2,1-2H3. The first-order chi connectivity index (χ1) is 7.92. The Morgan fingerprint density at radius 1 is 0.941 bits per heavy atom. The van der Waals surface area contributed by atoms with Gasteiger partial charge in [-0.15, -0.1) is 0 Å². The minimum Gasteiger partial charge on any atom is -0.392 e. The van der Waals surface area contributed by atoms with Crippen molar-refractivity contribution < 1.29 is 5.11 Å². The van der Waals surface area contributed by atoms with Gasteiger partial charge in [-0.25, -0.2) is 0 Å². The van der Waals surface area contributed by atoms with E-state index in [1.807, 2.05) is 0 Å². The highest BCUT2D eigenvalue weighted by Crippen LogP contribution is 2.71. The number of aliphatic hydroxyl groups excluding tert-OH is 1. The SMILES string of the molecule is CC12CC3CC(C)(C1)CC(C(O)C1CC1)(C3)C2. The molecule has 5 aliphatic rings. The zero-order chi connectivity index (χ0) is 11.9. The molecule has 0 aromatic heterocycles. The summed E-state index contributed by atoms with van der Waals surface area (Å²) < 4.78 is 0. The molecule has 5 fully saturated rings. The zero-order valence-corrected chi connectivity index (χ0v) is 11.3. The molecule has 1 N–H and O–H groups in total. The molecule has 3 atom stereocenters. The Balaban J connectivity index is 1.72. The summed E-state index contributed by atoms with van der Waals surface area (Å²) in [4.78, 5) is 0.